The van der Waals surface area contributed by atoms with Crippen LogP contribution in [0.5, 0.6) is 5.75 Å². The summed E-state index contributed by atoms with van der Waals surface area (Å²) in [6.07, 6.45) is 0.823. The van der Waals surface area contributed by atoms with Crippen molar-refractivity contribution in [1.82, 2.24) is 10.6 Å². The third kappa shape index (κ3) is 5.82. The van der Waals surface area contributed by atoms with Gasteiger partial charge in [0.1, 0.15) is 5.75 Å². The van der Waals surface area contributed by atoms with E-state index in [2.05, 4.69) is 49.6 Å². The van der Waals surface area contributed by atoms with Gasteiger partial charge in [0, 0.05) is 6.54 Å². The van der Waals surface area contributed by atoms with Crippen molar-refractivity contribution in [3.8, 4) is 5.75 Å². The molecular formula is C21H28N2O2. The lowest BCUT2D eigenvalue weighted by atomic mass is 9.96. The Kier molecular flexibility index (Phi) is 6.87. The average Bonchev–Trinajstić information content (AvgIpc) is 2.60. The predicted molar refractivity (Wildman–Crippen MR) is 102 cm³/mol. The molecule has 25 heavy (non-hydrogen) atoms. The number of ether oxygens (including phenoxy) is 1. The smallest absolute Gasteiger partial charge is 0.315 e. The number of carbonyl (C=O) groups excluding carboxylic acids is 1. The molecule has 0 radical (unpaired) electrons. The molecule has 2 aromatic rings. The van der Waals surface area contributed by atoms with Gasteiger partial charge in [-0.05, 0) is 42.5 Å². The summed E-state index contributed by atoms with van der Waals surface area (Å²) < 4.78 is 5.19. The molecule has 2 rings (SSSR count). The van der Waals surface area contributed by atoms with E-state index in [9.17, 15) is 4.79 Å². The van der Waals surface area contributed by atoms with Crippen LogP contribution in [0.2, 0.25) is 0 Å². The molecule has 0 heterocycles. The van der Waals surface area contributed by atoms with Crippen molar-refractivity contribution < 1.29 is 9.53 Å². The largest absolute Gasteiger partial charge is 0.497 e. The SMILES string of the molecule is COc1ccc(C(NC(=O)NCCc2cccc(C)c2)C(C)C)cc1. The Labute approximate surface area is 150 Å². The normalized spacial score (nSPS) is 11.9. The second kappa shape index (κ2) is 9.11. The maximum absolute atomic E-state index is 12.3. The van der Waals surface area contributed by atoms with Crippen LogP contribution in [0.3, 0.4) is 0 Å². The Hall–Kier alpha value is -2.49. The van der Waals surface area contributed by atoms with Crippen molar-refractivity contribution in [1.29, 1.82) is 0 Å². The van der Waals surface area contributed by atoms with Gasteiger partial charge in [-0.15, -0.1) is 0 Å². The summed E-state index contributed by atoms with van der Waals surface area (Å²) in [4.78, 5) is 12.3. The van der Waals surface area contributed by atoms with E-state index in [0.29, 0.717) is 6.54 Å². The van der Waals surface area contributed by atoms with Crippen LogP contribution in [0.25, 0.3) is 0 Å². The van der Waals surface area contributed by atoms with E-state index in [-0.39, 0.29) is 18.0 Å². The molecule has 1 unspecified atom stereocenters. The summed E-state index contributed by atoms with van der Waals surface area (Å²) in [5, 5.41) is 6.03. The quantitative estimate of drug-likeness (QED) is 0.792. The highest BCUT2D eigenvalue weighted by Gasteiger charge is 2.18. The van der Waals surface area contributed by atoms with Crippen LogP contribution in [0.4, 0.5) is 4.79 Å². The number of hydrogen-bond donors (Lipinski definition) is 2. The fourth-order valence-corrected chi connectivity index (χ4v) is 2.83. The van der Waals surface area contributed by atoms with Gasteiger partial charge in [0.15, 0.2) is 0 Å². The number of methoxy groups -OCH3 is 1. The van der Waals surface area contributed by atoms with Crippen LogP contribution < -0.4 is 15.4 Å². The topological polar surface area (TPSA) is 50.4 Å². The standard InChI is InChI=1S/C21H28N2O2/c1-15(2)20(18-8-10-19(25-4)11-9-18)23-21(24)22-13-12-17-7-5-6-16(3)14-17/h5-11,14-15,20H,12-13H2,1-4H3,(H2,22,23,24). The lowest BCUT2D eigenvalue weighted by Gasteiger charge is -2.23. The van der Waals surface area contributed by atoms with E-state index in [0.717, 1.165) is 17.7 Å². The van der Waals surface area contributed by atoms with Crippen molar-refractivity contribution in [2.45, 2.75) is 33.2 Å². The minimum absolute atomic E-state index is 0.0372. The predicted octanol–water partition coefficient (Wildman–Crippen LogP) is 4.24. The molecule has 0 aliphatic heterocycles. The second-order valence-electron chi connectivity index (χ2n) is 6.63. The zero-order valence-corrected chi connectivity index (χ0v) is 15.5. The first-order chi connectivity index (χ1) is 12.0. The van der Waals surface area contributed by atoms with E-state index >= 15 is 0 Å². The molecule has 2 aromatic carbocycles. The van der Waals surface area contributed by atoms with Crippen molar-refractivity contribution in [2.24, 2.45) is 5.92 Å². The molecule has 1 atom stereocenters. The fraction of sp³-hybridized carbons (Fsp3) is 0.381. The zero-order chi connectivity index (χ0) is 18.2. The maximum Gasteiger partial charge on any atom is 0.315 e. The van der Waals surface area contributed by atoms with Gasteiger partial charge in [-0.3, -0.25) is 0 Å². The first-order valence-corrected chi connectivity index (χ1v) is 8.73. The van der Waals surface area contributed by atoms with E-state index in [1.807, 2.05) is 30.3 Å². The molecule has 4 nitrogen and oxygen atoms in total. The summed E-state index contributed by atoms with van der Waals surface area (Å²) >= 11 is 0. The molecule has 4 heteroatoms. The number of hydrogen-bond acceptors (Lipinski definition) is 2. The zero-order valence-electron chi connectivity index (χ0n) is 15.5. The monoisotopic (exact) mass is 340 g/mol. The number of carbonyl (C=O) groups is 1. The third-order valence-electron chi connectivity index (χ3n) is 4.21. The van der Waals surface area contributed by atoms with Crippen molar-refractivity contribution in [3.05, 3.63) is 65.2 Å². The van der Waals surface area contributed by atoms with Crippen LogP contribution in [-0.2, 0) is 6.42 Å². The lowest BCUT2D eigenvalue weighted by molar-refractivity contribution is 0.233. The van der Waals surface area contributed by atoms with E-state index in [1.54, 1.807) is 7.11 Å². The van der Waals surface area contributed by atoms with E-state index < -0.39 is 0 Å². The second-order valence-corrected chi connectivity index (χ2v) is 6.63. The first-order valence-electron chi connectivity index (χ1n) is 8.73. The molecule has 0 saturated heterocycles. The van der Waals surface area contributed by atoms with E-state index in [4.69, 9.17) is 4.74 Å². The van der Waals surface area contributed by atoms with Crippen LogP contribution in [0.1, 0.15) is 36.6 Å². The van der Waals surface area contributed by atoms with Crippen LogP contribution in [0, 0.1) is 12.8 Å². The summed E-state index contributed by atoms with van der Waals surface area (Å²) in [6, 6.07) is 16.0. The number of amides is 2. The number of aryl methyl sites for hydroxylation is 1. The Bertz CT molecular complexity index is 681. The third-order valence-corrected chi connectivity index (χ3v) is 4.21. The van der Waals surface area contributed by atoms with Crippen molar-refractivity contribution >= 4 is 6.03 Å². The fourth-order valence-electron chi connectivity index (χ4n) is 2.83. The van der Waals surface area contributed by atoms with Gasteiger partial charge in [-0.1, -0.05) is 55.8 Å². The number of benzene rings is 2. The van der Waals surface area contributed by atoms with Gasteiger partial charge in [0.05, 0.1) is 13.2 Å². The van der Waals surface area contributed by atoms with Gasteiger partial charge in [-0.2, -0.15) is 0 Å². The Morgan fingerprint density at radius 2 is 1.84 bits per heavy atom. The first kappa shape index (κ1) is 18.8. The molecule has 0 saturated carbocycles. The molecule has 0 aromatic heterocycles. The Morgan fingerprint density at radius 1 is 1.12 bits per heavy atom. The van der Waals surface area contributed by atoms with Crippen molar-refractivity contribution in [3.63, 3.8) is 0 Å². The molecule has 0 aliphatic carbocycles. The summed E-state index contributed by atoms with van der Waals surface area (Å²) in [7, 11) is 1.65. The lowest BCUT2D eigenvalue weighted by Crippen LogP contribution is -2.40. The minimum Gasteiger partial charge on any atom is -0.497 e. The van der Waals surface area contributed by atoms with Crippen LogP contribution >= 0.6 is 0 Å². The van der Waals surface area contributed by atoms with Gasteiger partial charge in [0.2, 0.25) is 0 Å². The molecule has 0 fully saturated rings. The molecule has 0 bridgehead atoms. The molecule has 0 aliphatic rings. The average molecular weight is 340 g/mol. The minimum atomic E-state index is -0.137. The maximum atomic E-state index is 12.3. The van der Waals surface area contributed by atoms with Crippen molar-refractivity contribution in [2.75, 3.05) is 13.7 Å². The number of nitrogens with one attached hydrogen (secondary N) is 2. The van der Waals surface area contributed by atoms with Gasteiger partial charge >= 0.3 is 6.03 Å². The molecular weight excluding hydrogens is 312 g/mol. The highest BCUT2D eigenvalue weighted by molar-refractivity contribution is 5.74. The summed E-state index contributed by atoms with van der Waals surface area (Å²) in [6.45, 7) is 6.89. The van der Waals surface area contributed by atoms with E-state index in [1.165, 1.54) is 11.1 Å². The summed E-state index contributed by atoms with van der Waals surface area (Å²) in [5.41, 5.74) is 3.54. The van der Waals surface area contributed by atoms with Gasteiger partial charge in [-0.25, -0.2) is 4.79 Å². The molecule has 0 spiro atoms. The number of rotatable bonds is 7. The van der Waals surface area contributed by atoms with Gasteiger partial charge in [0.25, 0.3) is 0 Å². The highest BCUT2D eigenvalue weighted by Crippen LogP contribution is 2.23. The van der Waals surface area contributed by atoms with Crippen LogP contribution in [-0.4, -0.2) is 19.7 Å². The number of urea groups is 1. The van der Waals surface area contributed by atoms with Gasteiger partial charge < -0.3 is 15.4 Å². The molecule has 134 valence electrons. The molecule has 2 N–H and O–H groups in total. The highest BCUT2D eigenvalue weighted by atomic mass is 16.5. The Morgan fingerprint density at radius 3 is 2.44 bits per heavy atom. The summed E-state index contributed by atoms with van der Waals surface area (Å²) in [5.74, 6) is 1.10. The Balaban J connectivity index is 1.89. The molecule has 2 amide bonds. The van der Waals surface area contributed by atoms with Crippen LogP contribution in [0.15, 0.2) is 48.5 Å².